The summed E-state index contributed by atoms with van der Waals surface area (Å²) in [6.07, 6.45) is 4.75. The van der Waals surface area contributed by atoms with Crippen LogP contribution in [0.15, 0.2) is 71.9 Å². The van der Waals surface area contributed by atoms with Crippen LogP contribution in [0.2, 0.25) is 0 Å². The summed E-state index contributed by atoms with van der Waals surface area (Å²) in [4.78, 5) is 16.5. The van der Waals surface area contributed by atoms with E-state index in [0.29, 0.717) is 18.1 Å². The van der Waals surface area contributed by atoms with Crippen molar-refractivity contribution in [2.75, 3.05) is 0 Å². The van der Waals surface area contributed by atoms with Gasteiger partial charge in [-0.25, -0.2) is 4.98 Å². The minimum atomic E-state index is -0.501. The van der Waals surface area contributed by atoms with Gasteiger partial charge in [0.15, 0.2) is 11.6 Å². The molecule has 30 heavy (non-hydrogen) atoms. The number of fused-ring (bicyclic) bond motifs is 3. The Labute approximate surface area is 174 Å². The fraction of sp³-hybridized carbons (Fsp3) is 0.208. The van der Waals surface area contributed by atoms with Gasteiger partial charge in [-0.1, -0.05) is 59.7 Å². The first kappa shape index (κ1) is 18.4. The highest BCUT2D eigenvalue weighted by Crippen LogP contribution is 2.42. The highest BCUT2D eigenvalue weighted by molar-refractivity contribution is 5.60. The Balaban J connectivity index is 1.76. The predicted molar refractivity (Wildman–Crippen MR) is 115 cm³/mol. The van der Waals surface area contributed by atoms with Crippen molar-refractivity contribution in [3.8, 4) is 17.3 Å². The van der Waals surface area contributed by atoms with E-state index < -0.39 is 5.43 Å². The van der Waals surface area contributed by atoms with Crippen LogP contribution in [-0.4, -0.2) is 24.4 Å². The van der Waals surface area contributed by atoms with Crippen LogP contribution in [0.5, 0.6) is 5.75 Å². The predicted octanol–water partition coefficient (Wildman–Crippen LogP) is 3.82. The van der Waals surface area contributed by atoms with Crippen LogP contribution in [0.1, 0.15) is 34.2 Å². The SMILES string of the molecule is Cc1ccc([C@@H](c2cccc(C)c2)[C@H]2Cn3ccnc3-c3c(O)c(=O)cnn32)cc1. The monoisotopic (exact) mass is 398 g/mol. The van der Waals surface area contributed by atoms with Crippen LogP contribution >= 0.6 is 0 Å². The smallest absolute Gasteiger partial charge is 0.242 e. The first-order valence-corrected chi connectivity index (χ1v) is 9.98. The summed E-state index contributed by atoms with van der Waals surface area (Å²) in [5, 5.41) is 15.0. The zero-order valence-corrected chi connectivity index (χ0v) is 16.9. The lowest BCUT2D eigenvalue weighted by molar-refractivity contribution is 0.331. The molecule has 0 aliphatic carbocycles. The summed E-state index contributed by atoms with van der Waals surface area (Å²) in [5.41, 5.74) is 4.57. The summed E-state index contributed by atoms with van der Waals surface area (Å²) in [7, 11) is 0. The van der Waals surface area contributed by atoms with E-state index >= 15 is 0 Å². The van der Waals surface area contributed by atoms with Crippen molar-refractivity contribution < 1.29 is 5.11 Å². The van der Waals surface area contributed by atoms with E-state index in [4.69, 9.17) is 0 Å². The van der Waals surface area contributed by atoms with Crippen LogP contribution in [0.4, 0.5) is 0 Å². The Kier molecular flexibility index (Phi) is 4.28. The fourth-order valence-electron chi connectivity index (χ4n) is 4.39. The van der Waals surface area contributed by atoms with Crippen molar-refractivity contribution in [3.63, 3.8) is 0 Å². The molecule has 6 heteroatoms. The minimum absolute atomic E-state index is 0.0193. The largest absolute Gasteiger partial charge is 0.503 e. The molecule has 1 N–H and O–H groups in total. The molecule has 2 aromatic heterocycles. The van der Waals surface area contributed by atoms with Crippen molar-refractivity contribution in [1.29, 1.82) is 0 Å². The van der Waals surface area contributed by atoms with Crippen molar-refractivity contribution in [2.45, 2.75) is 32.4 Å². The topological polar surface area (TPSA) is 72.9 Å². The molecule has 2 atom stereocenters. The second-order valence-electron chi connectivity index (χ2n) is 7.92. The second-order valence-corrected chi connectivity index (χ2v) is 7.92. The van der Waals surface area contributed by atoms with Gasteiger partial charge < -0.3 is 9.67 Å². The molecule has 0 saturated carbocycles. The molecule has 3 heterocycles. The molecule has 150 valence electrons. The molecule has 0 amide bonds. The molecule has 1 aliphatic rings. The third-order valence-corrected chi connectivity index (χ3v) is 5.83. The molecule has 2 aromatic carbocycles. The lowest BCUT2D eigenvalue weighted by Gasteiger charge is -2.35. The van der Waals surface area contributed by atoms with Gasteiger partial charge in [0.1, 0.15) is 5.69 Å². The van der Waals surface area contributed by atoms with Gasteiger partial charge in [0.25, 0.3) is 0 Å². The first-order chi connectivity index (χ1) is 14.5. The molecule has 0 saturated heterocycles. The van der Waals surface area contributed by atoms with E-state index in [1.165, 1.54) is 22.9 Å². The molecule has 0 spiro atoms. The Morgan fingerprint density at radius 2 is 1.87 bits per heavy atom. The lowest BCUT2D eigenvalue weighted by Crippen LogP contribution is -2.32. The molecule has 5 rings (SSSR count). The maximum Gasteiger partial charge on any atom is 0.242 e. The number of hydrogen-bond donors (Lipinski definition) is 1. The molecule has 6 nitrogen and oxygen atoms in total. The number of hydrogen-bond acceptors (Lipinski definition) is 4. The van der Waals surface area contributed by atoms with E-state index in [0.717, 1.165) is 5.56 Å². The van der Waals surface area contributed by atoms with E-state index in [9.17, 15) is 9.90 Å². The number of imidazole rings is 1. The lowest BCUT2D eigenvalue weighted by atomic mass is 9.83. The van der Waals surface area contributed by atoms with Crippen molar-refractivity contribution in [1.82, 2.24) is 19.3 Å². The first-order valence-electron chi connectivity index (χ1n) is 9.98. The number of aromatic hydroxyl groups is 1. The Bertz CT molecular complexity index is 1290. The quantitative estimate of drug-likeness (QED) is 0.569. The van der Waals surface area contributed by atoms with E-state index in [1.807, 2.05) is 10.8 Å². The summed E-state index contributed by atoms with van der Waals surface area (Å²) in [5.74, 6) is 0.226. The van der Waals surface area contributed by atoms with Gasteiger partial charge in [-0.05, 0) is 25.0 Å². The zero-order valence-electron chi connectivity index (χ0n) is 16.9. The zero-order chi connectivity index (χ0) is 20.8. The maximum absolute atomic E-state index is 12.2. The standard InChI is InChI=1S/C24H22N4O2/c1-15-6-8-17(9-7-15)21(18-5-3-4-16(2)12-18)19-14-27-11-10-25-24(27)22-23(30)20(29)13-26-28(19)22/h3-13,19,21,30H,14H2,1-2H3/t19-,21+/m1/s1. The summed E-state index contributed by atoms with van der Waals surface area (Å²) < 4.78 is 3.75. The Morgan fingerprint density at radius 1 is 1.07 bits per heavy atom. The van der Waals surface area contributed by atoms with Crippen molar-refractivity contribution >= 4 is 0 Å². The summed E-state index contributed by atoms with van der Waals surface area (Å²) in [6.45, 7) is 4.78. The van der Waals surface area contributed by atoms with Crippen molar-refractivity contribution in [3.05, 3.63) is 99.6 Å². The average Bonchev–Trinajstić information content (AvgIpc) is 3.20. The molecular formula is C24H22N4O2. The molecule has 4 aromatic rings. The molecule has 0 bridgehead atoms. The third-order valence-electron chi connectivity index (χ3n) is 5.83. The minimum Gasteiger partial charge on any atom is -0.503 e. The fourth-order valence-corrected chi connectivity index (χ4v) is 4.39. The summed E-state index contributed by atoms with van der Waals surface area (Å²) in [6, 6.07) is 16.8. The van der Waals surface area contributed by atoms with Crippen LogP contribution in [0.3, 0.4) is 0 Å². The molecule has 0 unspecified atom stereocenters. The van der Waals surface area contributed by atoms with E-state index in [-0.39, 0.29) is 17.7 Å². The molecule has 0 radical (unpaired) electrons. The molecule has 1 aliphatic heterocycles. The van der Waals surface area contributed by atoms with Gasteiger partial charge in [-0.3, -0.25) is 9.48 Å². The number of rotatable bonds is 3. The average molecular weight is 398 g/mol. The van der Waals surface area contributed by atoms with Gasteiger partial charge in [-0.2, -0.15) is 5.10 Å². The van der Waals surface area contributed by atoms with E-state index in [2.05, 4.69) is 72.5 Å². The van der Waals surface area contributed by atoms with Crippen molar-refractivity contribution in [2.24, 2.45) is 0 Å². The number of aromatic nitrogens is 4. The van der Waals surface area contributed by atoms with Crippen LogP contribution in [0, 0.1) is 13.8 Å². The normalized spacial score (nSPS) is 16.0. The number of nitrogens with zero attached hydrogens (tertiary/aromatic N) is 4. The number of benzene rings is 2. The molecule has 0 fully saturated rings. The Hall–Kier alpha value is -3.67. The van der Waals surface area contributed by atoms with Gasteiger partial charge in [0.2, 0.25) is 5.43 Å². The second kappa shape index (κ2) is 6.99. The molecular weight excluding hydrogens is 376 g/mol. The maximum atomic E-state index is 12.2. The van der Waals surface area contributed by atoms with Gasteiger partial charge in [0, 0.05) is 24.9 Å². The highest BCUT2D eigenvalue weighted by Gasteiger charge is 2.35. The van der Waals surface area contributed by atoms with E-state index in [1.54, 1.807) is 10.9 Å². The Morgan fingerprint density at radius 3 is 2.63 bits per heavy atom. The van der Waals surface area contributed by atoms with Crippen LogP contribution in [-0.2, 0) is 6.54 Å². The van der Waals surface area contributed by atoms with Gasteiger partial charge in [0.05, 0.1) is 12.2 Å². The number of aryl methyl sites for hydroxylation is 2. The summed E-state index contributed by atoms with van der Waals surface area (Å²) >= 11 is 0. The third kappa shape index (κ3) is 2.92. The van der Waals surface area contributed by atoms with Crippen LogP contribution in [0.25, 0.3) is 11.5 Å². The highest BCUT2D eigenvalue weighted by atomic mass is 16.3. The van der Waals surface area contributed by atoms with Gasteiger partial charge in [-0.15, -0.1) is 0 Å². The van der Waals surface area contributed by atoms with Crippen LogP contribution < -0.4 is 5.43 Å². The van der Waals surface area contributed by atoms with Gasteiger partial charge >= 0.3 is 0 Å².